The predicted octanol–water partition coefficient (Wildman–Crippen LogP) is 3.06. The minimum absolute atomic E-state index is 0.487. The second-order valence-electron chi connectivity index (χ2n) is 6.00. The van der Waals surface area contributed by atoms with Crippen LogP contribution in [-0.4, -0.2) is 44.3 Å². The number of nitrogens with one attached hydrogen (secondary N) is 1. The van der Waals surface area contributed by atoms with E-state index in [1.54, 1.807) is 0 Å². The van der Waals surface area contributed by atoms with Crippen LogP contribution in [0.3, 0.4) is 0 Å². The van der Waals surface area contributed by atoms with Crippen LogP contribution < -0.4 is 5.32 Å². The molecule has 1 saturated heterocycles. The molecule has 21 heavy (non-hydrogen) atoms. The van der Waals surface area contributed by atoms with Crippen molar-refractivity contribution < 1.29 is 4.74 Å². The van der Waals surface area contributed by atoms with Crippen molar-refractivity contribution in [2.75, 3.05) is 33.3 Å². The lowest BCUT2D eigenvalue weighted by Gasteiger charge is -2.32. The highest BCUT2D eigenvalue weighted by atomic mass is 16.5. The average molecular weight is 290 g/mol. The third kappa shape index (κ3) is 6.60. The summed E-state index contributed by atoms with van der Waals surface area (Å²) >= 11 is 0. The number of piperidine rings is 1. The van der Waals surface area contributed by atoms with Crippen molar-refractivity contribution >= 4 is 0 Å². The Balaban J connectivity index is 1.54. The van der Waals surface area contributed by atoms with Crippen LogP contribution in [0.4, 0.5) is 0 Å². The summed E-state index contributed by atoms with van der Waals surface area (Å²) in [6, 6.07) is 10.8. The molecule has 0 unspecified atom stereocenters. The molecule has 0 aromatic heterocycles. The minimum atomic E-state index is 0.487. The molecule has 0 atom stereocenters. The number of unbranched alkanes of at least 4 members (excludes halogenated alkanes) is 2. The molecule has 0 saturated carbocycles. The van der Waals surface area contributed by atoms with Gasteiger partial charge in [0.25, 0.3) is 0 Å². The molecule has 0 bridgehead atoms. The Labute approximate surface area is 129 Å². The lowest BCUT2D eigenvalue weighted by atomic mass is 10.1. The van der Waals surface area contributed by atoms with E-state index in [-0.39, 0.29) is 0 Å². The van der Waals surface area contributed by atoms with Gasteiger partial charge in [-0.05, 0) is 51.3 Å². The zero-order valence-corrected chi connectivity index (χ0v) is 13.4. The number of likely N-dealkylation sites (tertiary alicyclic amines) is 1. The SMILES string of the molecule is CNCCCCCOC1CCN(Cc2ccccc2)CC1. The molecule has 1 aliphatic rings. The number of benzene rings is 1. The molecule has 1 aromatic rings. The Bertz CT molecular complexity index is 361. The van der Waals surface area contributed by atoms with Crippen LogP contribution in [0, 0.1) is 0 Å². The largest absolute Gasteiger partial charge is 0.378 e. The van der Waals surface area contributed by atoms with E-state index >= 15 is 0 Å². The van der Waals surface area contributed by atoms with E-state index in [1.807, 2.05) is 7.05 Å². The predicted molar refractivity (Wildman–Crippen MR) is 88.5 cm³/mol. The molecule has 0 aliphatic carbocycles. The average Bonchev–Trinajstić information content (AvgIpc) is 2.53. The Kier molecular flexibility index (Phi) is 7.79. The fourth-order valence-corrected chi connectivity index (χ4v) is 2.91. The number of hydrogen-bond donors (Lipinski definition) is 1. The number of hydrogen-bond acceptors (Lipinski definition) is 3. The van der Waals surface area contributed by atoms with Gasteiger partial charge in [-0.15, -0.1) is 0 Å². The van der Waals surface area contributed by atoms with Gasteiger partial charge in [-0.25, -0.2) is 0 Å². The summed E-state index contributed by atoms with van der Waals surface area (Å²) in [5.41, 5.74) is 1.42. The summed E-state index contributed by atoms with van der Waals surface area (Å²) in [4.78, 5) is 2.54. The van der Waals surface area contributed by atoms with Crippen molar-refractivity contribution in [2.45, 2.75) is 44.8 Å². The smallest absolute Gasteiger partial charge is 0.0599 e. The first-order valence-corrected chi connectivity index (χ1v) is 8.41. The summed E-state index contributed by atoms with van der Waals surface area (Å²) < 4.78 is 6.01. The second-order valence-corrected chi connectivity index (χ2v) is 6.00. The molecule has 0 amide bonds. The van der Waals surface area contributed by atoms with Gasteiger partial charge in [0.1, 0.15) is 0 Å². The first kappa shape index (κ1) is 16.5. The quantitative estimate of drug-likeness (QED) is 0.707. The van der Waals surface area contributed by atoms with Gasteiger partial charge in [-0.1, -0.05) is 30.3 Å². The van der Waals surface area contributed by atoms with Gasteiger partial charge in [-0.3, -0.25) is 4.90 Å². The molecule has 3 nitrogen and oxygen atoms in total. The number of ether oxygens (including phenoxy) is 1. The molecule has 3 heteroatoms. The number of rotatable bonds is 9. The first-order valence-electron chi connectivity index (χ1n) is 8.41. The molecular weight excluding hydrogens is 260 g/mol. The summed E-state index contributed by atoms with van der Waals surface area (Å²) in [5.74, 6) is 0. The Morgan fingerprint density at radius 3 is 2.57 bits per heavy atom. The maximum atomic E-state index is 6.01. The van der Waals surface area contributed by atoms with Crippen molar-refractivity contribution in [1.82, 2.24) is 10.2 Å². The van der Waals surface area contributed by atoms with Gasteiger partial charge in [0.2, 0.25) is 0 Å². The van der Waals surface area contributed by atoms with Gasteiger partial charge < -0.3 is 10.1 Å². The molecule has 0 spiro atoms. The molecular formula is C18H30N2O. The molecule has 1 heterocycles. The topological polar surface area (TPSA) is 24.5 Å². The lowest BCUT2D eigenvalue weighted by Crippen LogP contribution is -2.36. The van der Waals surface area contributed by atoms with Gasteiger partial charge in [0.05, 0.1) is 6.10 Å². The van der Waals surface area contributed by atoms with Gasteiger partial charge >= 0.3 is 0 Å². The van der Waals surface area contributed by atoms with Crippen molar-refractivity contribution in [3.63, 3.8) is 0 Å². The van der Waals surface area contributed by atoms with Crippen molar-refractivity contribution in [2.24, 2.45) is 0 Å². The molecule has 1 aliphatic heterocycles. The van der Waals surface area contributed by atoms with Crippen LogP contribution in [0.5, 0.6) is 0 Å². The number of nitrogens with zero attached hydrogens (tertiary/aromatic N) is 1. The zero-order valence-electron chi connectivity index (χ0n) is 13.4. The van der Waals surface area contributed by atoms with E-state index in [4.69, 9.17) is 4.74 Å². The highest BCUT2D eigenvalue weighted by molar-refractivity contribution is 5.14. The lowest BCUT2D eigenvalue weighted by molar-refractivity contribution is 0.00432. The summed E-state index contributed by atoms with van der Waals surface area (Å²) in [6.07, 6.45) is 6.59. The minimum Gasteiger partial charge on any atom is -0.378 e. The van der Waals surface area contributed by atoms with Crippen LogP contribution in [0.2, 0.25) is 0 Å². The van der Waals surface area contributed by atoms with Crippen LogP contribution >= 0.6 is 0 Å². The van der Waals surface area contributed by atoms with Gasteiger partial charge in [0, 0.05) is 26.2 Å². The Morgan fingerprint density at radius 1 is 1.10 bits per heavy atom. The summed E-state index contributed by atoms with van der Waals surface area (Å²) in [6.45, 7) is 5.47. The maximum absolute atomic E-state index is 6.01. The highest BCUT2D eigenvalue weighted by Crippen LogP contribution is 2.16. The van der Waals surface area contributed by atoms with Crippen molar-refractivity contribution in [1.29, 1.82) is 0 Å². The monoisotopic (exact) mass is 290 g/mol. The molecule has 2 rings (SSSR count). The van der Waals surface area contributed by atoms with Gasteiger partial charge in [0.15, 0.2) is 0 Å². The molecule has 1 fully saturated rings. The molecule has 0 radical (unpaired) electrons. The fourth-order valence-electron chi connectivity index (χ4n) is 2.91. The fraction of sp³-hybridized carbons (Fsp3) is 0.667. The van der Waals surface area contributed by atoms with E-state index in [0.717, 1.165) is 19.7 Å². The van der Waals surface area contributed by atoms with Crippen molar-refractivity contribution in [3.8, 4) is 0 Å². The third-order valence-electron chi connectivity index (χ3n) is 4.21. The standard InChI is InChI=1S/C18H30N2O/c1-19-12-6-3-7-15-21-18-10-13-20(14-11-18)16-17-8-4-2-5-9-17/h2,4-5,8-9,18-19H,3,6-7,10-16H2,1H3. The summed E-state index contributed by atoms with van der Waals surface area (Å²) in [5, 5.41) is 3.19. The van der Waals surface area contributed by atoms with E-state index < -0.39 is 0 Å². The van der Waals surface area contributed by atoms with Crippen molar-refractivity contribution in [3.05, 3.63) is 35.9 Å². The maximum Gasteiger partial charge on any atom is 0.0599 e. The van der Waals surface area contributed by atoms with E-state index in [9.17, 15) is 0 Å². The normalized spacial score (nSPS) is 17.2. The van der Waals surface area contributed by atoms with E-state index in [2.05, 4.69) is 40.5 Å². The first-order chi connectivity index (χ1) is 10.4. The summed E-state index contributed by atoms with van der Waals surface area (Å²) in [7, 11) is 2.01. The van der Waals surface area contributed by atoms with Crippen LogP contribution in [0.15, 0.2) is 30.3 Å². The second kappa shape index (κ2) is 9.93. The zero-order chi connectivity index (χ0) is 14.8. The van der Waals surface area contributed by atoms with Crippen LogP contribution in [-0.2, 0) is 11.3 Å². The van der Waals surface area contributed by atoms with E-state index in [1.165, 1.54) is 50.8 Å². The highest BCUT2D eigenvalue weighted by Gasteiger charge is 2.19. The molecule has 118 valence electrons. The Hall–Kier alpha value is -0.900. The van der Waals surface area contributed by atoms with E-state index in [0.29, 0.717) is 6.10 Å². The Morgan fingerprint density at radius 2 is 1.86 bits per heavy atom. The van der Waals surface area contributed by atoms with Gasteiger partial charge in [-0.2, -0.15) is 0 Å². The molecule has 1 N–H and O–H groups in total. The molecule has 1 aromatic carbocycles. The third-order valence-corrected chi connectivity index (χ3v) is 4.21. The van der Waals surface area contributed by atoms with Crippen LogP contribution in [0.1, 0.15) is 37.7 Å². The van der Waals surface area contributed by atoms with Crippen LogP contribution in [0.25, 0.3) is 0 Å².